The molecule has 12 heavy (non-hydrogen) atoms. The first-order chi connectivity index (χ1) is 5.44. The first-order valence-electron chi connectivity index (χ1n) is 3.26. The molecule has 72 valence electrons. The monoisotopic (exact) mass is 183 g/mol. The lowest BCUT2D eigenvalue weighted by Gasteiger charge is -2.16. The molecule has 0 rings (SSSR count). The molecule has 0 aliphatic rings. The van der Waals surface area contributed by atoms with Crippen LogP contribution in [0.15, 0.2) is 0 Å². The van der Waals surface area contributed by atoms with Gasteiger partial charge in [0.2, 0.25) is 0 Å². The van der Waals surface area contributed by atoms with Gasteiger partial charge in [0.05, 0.1) is 13.7 Å². The van der Waals surface area contributed by atoms with Crippen LogP contribution in [-0.2, 0) is 9.53 Å². The fourth-order valence-electron chi connectivity index (χ4n) is 0.626. The molecule has 0 aromatic carbocycles. The van der Waals surface area contributed by atoms with Gasteiger partial charge in [0.25, 0.3) is 0 Å². The molecule has 0 amide bonds. The van der Waals surface area contributed by atoms with E-state index in [9.17, 15) is 13.6 Å². The Balaban J connectivity index is 4.11. The number of aliphatic hydroxyl groups is 1. The Morgan fingerprint density at radius 3 is 2.58 bits per heavy atom. The Bertz CT molecular complexity index is 163. The zero-order chi connectivity index (χ0) is 9.78. The number of hydrogen-bond acceptors (Lipinski definition) is 4. The molecule has 4 nitrogen and oxygen atoms in total. The van der Waals surface area contributed by atoms with Crippen molar-refractivity contribution < 1.29 is 23.4 Å². The molecule has 0 aromatic rings. The van der Waals surface area contributed by atoms with Gasteiger partial charge in [-0.1, -0.05) is 0 Å². The topological polar surface area (TPSA) is 72.5 Å². The number of ether oxygens (including phenoxy) is 1. The van der Waals surface area contributed by atoms with Gasteiger partial charge in [-0.05, 0) is 0 Å². The van der Waals surface area contributed by atoms with Crippen LogP contribution in [0.2, 0.25) is 0 Å². The van der Waals surface area contributed by atoms with E-state index in [1.807, 2.05) is 0 Å². The summed E-state index contributed by atoms with van der Waals surface area (Å²) in [5.41, 5.74) is 5.01. The highest BCUT2D eigenvalue weighted by atomic mass is 19.3. The molecule has 0 bridgehead atoms. The molecule has 0 radical (unpaired) electrons. The Morgan fingerprint density at radius 2 is 2.25 bits per heavy atom. The lowest BCUT2D eigenvalue weighted by atomic mass is 10.1. The number of alkyl halides is 2. The van der Waals surface area contributed by atoms with Gasteiger partial charge in [-0.15, -0.1) is 0 Å². The lowest BCUT2D eigenvalue weighted by molar-refractivity contribution is -0.170. The summed E-state index contributed by atoms with van der Waals surface area (Å²) < 4.78 is 29.0. The molecule has 6 heteroatoms. The predicted molar refractivity (Wildman–Crippen MR) is 36.6 cm³/mol. The number of carbonyl (C=O) groups excluding carboxylic acids is 1. The highest BCUT2D eigenvalue weighted by Gasteiger charge is 2.41. The molecule has 0 saturated heterocycles. The zero-order valence-corrected chi connectivity index (χ0v) is 6.59. The van der Waals surface area contributed by atoms with E-state index in [2.05, 4.69) is 4.74 Å². The molecule has 0 saturated carbocycles. The molecule has 1 atom stereocenters. The fraction of sp³-hybridized carbons (Fsp3) is 0.833. The van der Waals surface area contributed by atoms with Crippen LogP contribution in [0.4, 0.5) is 8.78 Å². The molecule has 0 spiro atoms. The number of carbonyl (C=O) groups is 1. The van der Waals surface area contributed by atoms with Gasteiger partial charge in [-0.2, -0.15) is 8.78 Å². The molecule has 0 aromatic heterocycles. The summed E-state index contributed by atoms with van der Waals surface area (Å²) >= 11 is 0. The van der Waals surface area contributed by atoms with Crippen LogP contribution in [0, 0.1) is 0 Å². The summed E-state index contributed by atoms with van der Waals surface area (Å²) in [7, 11) is 0.862. The molecule has 0 fully saturated rings. The normalized spacial score (nSPS) is 14.1. The number of nitrogens with two attached hydrogens (primary N) is 1. The maximum atomic E-state index is 12.6. The lowest BCUT2D eigenvalue weighted by Crippen LogP contribution is -2.39. The van der Waals surface area contributed by atoms with Crippen molar-refractivity contribution in [3.8, 4) is 0 Å². The molecule has 3 N–H and O–H groups in total. The van der Waals surface area contributed by atoms with Crippen LogP contribution in [0.3, 0.4) is 0 Å². The van der Waals surface area contributed by atoms with Crippen LogP contribution < -0.4 is 5.73 Å². The molecule has 0 heterocycles. The molecule has 0 aliphatic heterocycles. The Morgan fingerprint density at radius 1 is 1.75 bits per heavy atom. The van der Waals surface area contributed by atoms with Crippen molar-refractivity contribution in [1.29, 1.82) is 0 Å². The average molecular weight is 183 g/mol. The van der Waals surface area contributed by atoms with Gasteiger partial charge >= 0.3 is 11.9 Å². The van der Waals surface area contributed by atoms with E-state index >= 15 is 0 Å². The van der Waals surface area contributed by atoms with Crippen molar-refractivity contribution in [3.63, 3.8) is 0 Å². The van der Waals surface area contributed by atoms with E-state index in [-0.39, 0.29) is 0 Å². The standard InChI is InChI=1S/C6H11F2NO3/c1-12-5(11)6(7,8)2-4(9)3-10/h4,10H,2-3,9H2,1H3/t4-/m1/s1. The summed E-state index contributed by atoms with van der Waals surface area (Å²) in [5.74, 6) is -5.25. The predicted octanol–water partition coefficient (Wildman–Crippen LogP) is -0.496. The van der Waals surface area contributed by atoms with E-state index in [1.54, 1.807) is 0 Å². The molecular formula is C6H11F2NO3. The van der Waals surface area contributed by atoms with E-state index in [0.29, 0.717) is 0 Å². The number of aliphatic hydroxyl groups excluding tert-OH is 1. The van der Waals surface area contributed by atoms with Gasteiger partial charge in [0, 0.05) is 12.5 Å². The van der Waals surface area contributed by atoms with Gasteiger partial charge in [0.15, 0.2) is 0 Å². The summed E-state index contributed by atoms with van der Waals surface area (Å²) in [6, 6.07) is -1.11. The van der Waals surface area contributed by atoms with Crippen LogP contribution in [0.1, 0.15) is 6.42 Å². The number of methoxy groups -OCH3 is 1. The van der Waals surface area contributed by atoms with Crippen LogP contribution in [-0.4, -0.2) is 36.8 Å². The highest BCUT2D eigenvalue weighted by molar-refractivity contribution is 5.77. The average Bonchev–Trinajstić information content (AvgIpc) is 2.02. The second kappa shape index (κ2) is 4.32. The third kappa shape index (κ3) is 3.10. The second-order valence-corrected chi connectivity index (χ2v) is 2.34. The number of hydrogen-bond donors (Lipinski definition) is 2. The quantitative estimate of drug-likeness (QED) is 0.576. The smallest absolute Gasteiger partial charge is 0.376 e. The summed E-state index contributed by atoms with van der Waals surface area (Å²) in [4.78, 5) is 10.4. The summed E-state index contributed by atoms with van der Waals surface area (Å²) in [6.45, 7) is -0.591. The van der Waals surface area contributed by atoms with E-state index in [0.717, 1.165) is 7.11 Å². The van der Waals surface area contributed by atoms with Gasteiger partial charge in [0.1, 0.15) is 0 Å². The number of rotatable bonds is 4. The van der Waals surface area contributed by atoms with E-state index < -0.39 is 31.0 Å². The third-order valence-corrected chi connectivity index (χ3v) is 1.24. The van der Waals surface area contributed by atoms with Crippen molar-refractivity contribution in [2.24, 2.45) is 5.73 Å². The maximum Gasteiger partial charge on any atom is 0.376 e. The van der Waals surface area contributed by atoms with Gasteiger partial charge in [-0.25, -0.2) is 4.79 Å². The van der Waals surface area contributed by atoms with Crippen molar-refractivity contribution in [2.45, 2.75) is 18.4 Å². The number of esters is 1. The van der Waals surface area contributed by atoms with Crippen molar-refractivity contribution in [2.75, 3.05) is 13.7 Å². The maximum absolute atomic E-state index is 12.6. The van der Waals surface area contributed by atoms with Crippen molar-refractivity contribution >= 4 is 5.97 Å². The first kappa shape index (κ1) is 11.2. The molecular weight excluding hydrogens is 172 g/mol. The minimum atomic E-state index is -3.61. The van der Waals surface area contributed by atoms with E-state index in [1.165, 1.54) is 0 Å². The Labute approximate surface area is 68.3 Å². The van der Waals surface area contributed by atoms with Gasteiger partial charge in [-0.3, -0.25) is 0 Å². The Kier molecular flexibility index (Phi) is 4.05. The zero-order valence-electron chi connectivity index (χ0n) is 6.59. The van der Waals surface area contributed by atoms with Crippen LogP contribution >= 0.6 is 0 Å². The summed E-state index contributed by atoms with van der Waals surface area (Å²) in [6.07, 6.45) is -0.907. The highest BCUT2D eigenvalue weighted by Crippen LogP contribution is 2.20. The van der Waals surface area contributed by atoms with Crippen LogP contribution in [0.5, 0.6) is 0 Å². The SMILES string of the molecule is COC(=O)C(F)(F)C[C@@H](N)CO. The third-order valence-electron chi connectivity index (χ3n) is 1.24. The van der Waals surface area contributed by atoms with E-state index in [4.69, 9.17) is 10.8 Å². The first-order valence-corrected chi connectivity index (χ1v) is 3.26. The minimum absolute atomic E-state index is 0.591. The Hall–Kier alpha value is -0.750. The summed E-state index contributed by atoms with van der Waals surface area (Å²) in [5, 5.41) is 8.34. The van der Waals surface area contributed by atoms with Gasteiger partial charge < -0.3 is 15.6 Å². The largest absolute Gasteiger partial charge is 0.465 e. The minimum Gasteiger partial charge on any atom is -0.465 e. The molecule has 0 aliphatic carbocycles. The molecule has 0 unspecified atom stereocenters. The second-order valence-electron chi connectivity index (χ2n) is 2.34. The van der Waals surface area contributed by atoms with Crippen molar-refractivity contribution in [3.05, 3.63) is 0 Å². The number of halogens is 2. The fourth-order valence-corrected chi connectivity index (χ4v) is 0.626. The van der Waals surface area contributed by atoms with Crippen LogP contribution in [0.25, 0.3) is 0 Å². The van der Waals surface area contributed by atoms with Crippen molar-refractivity contribution in [1.82, 2.24) is 0 Å².